The molecule has 1 fully saturated rings. The summed E-state index contributed by atoms with van der Waals surface area (Å²) in [6.07, 6.45) is 0.0674. The molecule has 0 bridgehead atoms. The van der Waals surface area contributed by atoms with E-state index in [0.29, 0.717) is 0 Å². The van der Waals surface area contributed by atoms with Crippen LogP contribution in [0.2, 0.25) is 0 Å². The fourth-order valence-corrected chi connectivity index (χ4v) is 1.17. The molecule has 1 atom stereocenters. The third kappa shape index (κ3) is 1.91. The van der Waals surface area contributed by atoms with Crippen molar-refractivity contribution in [2.75, 3.05) is 6.61 Å². The molecule has 0 spiro atoms. The molecule has 0 radical (unpaired) electrons. The van der Waals surface area contributed by atoms with Crippen LogP contribution in [0.5, 0.6) is 0 Å². The van der Waals surface area contributed by atoms with E-state index in [9.17, 15) is 14.4 Å². The smallest absolute Gasteiger partial charge is 0.351 e. The van der Waals surface area contributed by atoms with Crippen LogP contribution < -0.4 is 10.8 Å². The summed E-state index contributed by atoms with van der Waals surface area (Å²) >= 11 is 0. The maximum absolute atomic E-state index is 11.5. The molecular weight excluding hydrogens is 204 g/mol. The molecule has 1 unspecified atom stereocenters. The van der Waals surface area contributed by atoms with Gasteiger partial charge in [-0.2, -0.15) is 0 Å². The molecule has 1 aliphatic heterocycles. The van der Waals surface area contributed by atoms with Crippen molar-refractivity contribution in [1.82, 2.24) is 10.8 Å². The maximum Gasteiger partial charge on any atom is 0.351 e. The first kappa shape index (κ1) is 11.4. The fraction of sp³-hybridized carbons (Fsp3) is 0.625. The zero-order valence-electron chi connectivity index (χ0n) is 8.46. The number of urea groups is 1. The first-order valence-corrected chi connectivity index (χ1v) is 4.53. The topological polar surface area (TPSA) is 93.7 Å². The van der Waals surface area contributed by atoms with Crippen LogP contribution in [0.15, 0.2) is 0 Å². The molecule has 1 rings (SSSR count). The number of esters is 1. The number of carbonyl (C=O) groups is 3. The third-order valence-electron chi connectivity index (χ3n) is 2.01. The Labute approximate surface area is 86.1 Å². The van der Waals surface area contributed by atoms with Gasteiger partial charge in [0.1, 0.15) is 0 Å². The van der Waals surface area contributed by atoms with Gasteiger partial charge >= 0.3 is 12.0 Å². The van der Waals surface area contributed by atoms with Crippen molar-refractivity contribution in [2.24, 2.45) is 0 Å². The molecule has 1 heterocycles. The van der Waals surface area contributed by atoms with E-state index in [0.717, 1.165) is 0 Å². The summed E-state index contributed by atoms with van der Waals surface area (Å²) < 4.78 is 4.71. The molecular formula is C8H12N2O5. The van der Waals surface area contributed by atoms with Gasteiger partial charge in [-0.3, -0.25) is 10.1 Å². The van der Waals surface area contributed by atoms with Crippen LogP contribution in [0.1, 0.15) is 20.3 Å². The van der Waals surface area contributed by atoms with Crippen molar-refractivity contribution in [3.63, 3.8) is 0 Å². The lowest BCUT2D eigenvalue weighted by Crippen LogP contribution is -2.65. The number of imide groups is 1. The van der Waals surface area contributed by atoms with Crippen molar-refractivity contribution in [3.05, 3.63) is 0 Å². The van der Waals surface area contributed by atoms with Gasteiger partial charge in [-0.1, -0.05) is 6.92 Å². The van der Waals surface area contributed by atoms with Crippen molar-refractivity contribution < 1.29 is 24.0 Å². The lowest BCUT2D eigenvalue weighted by Gasteiger charge is -2.31. The van der Waals surface area contributed by atoms with E-state index in [2.05, 4.69) is 0 Å². The summed E-state index contributed by atoms with van der Waals surface area (Å²) in [5, 5.41) is 1.95. The zero-order valence-corrected chi connectivity index (χ0v) is 8.46. The minimum atomic E-state index is -1.77. The number of hydrogen-bond donors (Lipinski definition) is 2. The molecule has 0 aromatic heterocycles. The molecule has 2 N–H and O–H groups in total. The van der Waals surface area contributed by atoms with Gasteiger partial charge in [-0.15, -0.1) is 0 Å². The van der Waals surface area contributed by atoms with E-state index >= 15 is 0 Å². The van der Waals surface area contributed by atoms with E-state index in [1.807, 2.05) is 10.8 Å². The summed E-state index contributed by atoms with van der Waals surface area (Å²) in [4.78, 5) is 38.5. The molecule has 0 saturated carbocycles. The van der Waals surface area contributed by atoms with E-state index in [1.165, 1.54) is 0 Å². The number of rotatable bonds is 3. The highest BCUT2D eigenvalue weighted by Crippen LogP contribution is 2.19. The second-order valence-corrected chi connectivity index (χ2v) is 2.89. The van der Waals surface area contributed by atoms with Crippen molar-refractivity contribution in [1.29, 1.82) is 0 Å². The first-order valence-electron chi connectivity index (χ1n) is 4.53. The Bertz CT molecular complexity index is 303. The van der Waals surface area contributed by atoms with Crippen LogP contribution in [0.3, 0.4) is 0 Å². The average Bonchev–Trinajstić information content (AvgIpc) is 2.19. The van der Waals surface area contributed by atoms with Gasteiger partial charge in [0.2, 0.25) is 0 Å². The highest BCUT2D eigenvalue weighted by atomic mass is 16.7. The molecule has 7 nitrogen and oxygen atoms in total. The monoisotopic (exact) mass is 216 g/mol. The minimum Gasteiger partial charge on any atom is -0.463 e. The molecule has 15 heavy (non-hydrogen) atoms. The normalized spacial score (nSPS) is 25.5. The molecule has 84 valence electrons. The Morgan fingerprint density at radius 3 is 2.60 bits per heavy atom. The van der Waals surface area contributed by atoms with Gasteiger partial charge in [0.15, 0.2) is 0 Å². The molecule has 1 aliphatic rings. The largest absolute Gasteiger partial charge is 0.463 e. The standard InChI is InChI=1S/C8H12N2O5/c1-3-8(6(12)14-4-2)5(11)9-7(13)10-15-8/h3-4H2,1-2H3,(H2,9,10,11,13). The summed E-state index contributed by atoms with van der Waals surface area (Å²) in [5.74, 6) is -1.63. The lowest BCUT2D eigenvalue weighted by atomic mass is 9.99. The SMILES string of the molecule is CCOC(=O)C1(CC)ONC(=O)NC1=O. The van der Waals surface area contributed by atoms with Gasteiger partial charge in [0.25, 0.3) is 11.5 Å². The Morgan fingerprint density at radius 1 is 1.47 bits per heavy atom. The average molecular weight is 216 g/mol. The Hall–Kier alpha value is -1.63. The van der Waals surface area contributed by atoms with E-state index < -0.39 is 23.5 Å². The summed E-state index contributed by atoms with van der Waals surface area (Å²) in [7, 11) is 0. The van der Waals surface area contributed by atoms with Crippen LogP contribution in [0.4, 0.5) is 4.79 Å². The fourth-order valence-electron chi connectivity index (χ4n) is 1.17. The Kier molecular flexibility index (Phi) is 3.25. The van der Waals surface area contributed by atoms with Gasteiger partial charge in [-0.05, 0) is 13.3 Å². The van der Waals surface area contributed by atoms with Crippen molar-refractivity contribution in [2.45, 2.75) is 25.9 Å². The number of hydroxylamine groups is 1. The maximum atomic E-state index is 11.5. The molecule has 7 heteroatoms. The molecule has 3 amide bonds. The van der Waals surface area contributed by atoms with Gasteiger partial charge in [0, 0.05) is 0 Å². The Balaban J connectivity index is 2.88. The van der Waals surface area contributed by atoms with Gasteiger partial charge in [0.05, 0.1) is 6.61 Å². The molecule has 1 saturated heterocycles. The quantitative estimate of drug-likeness (QED) is 0.488. The minimum absolute atomic E-state index is 0.0674. The summed E-state index contributed by atoms with van der Waals surface area (Å²) in [6.45, 7) is 3.32. The van der Waals surface area contributed by atoms with E-state index in [1.54, 1.807) is 13.8 Å². The summed E-state index contributed by atoms with van der Waals surface area (Å²) in [5.41, 5.74) is 0.148. The number of ether oxygens (including phenoxy) is 1. The molecule has 0 aliphatic carbocycles. The predicted octanol–water partition coefficient (Wildman–Crippen LogP) is -0.531. The van der Waals surface area contributed by atoms with Crippen LogP contribution in [-0.4, -0.2) is 30.1 Å². The van der Waals surface area contributed by atoms with Gasteiger partial charge in [-0.25, -0.2) is 19.9 Å². The second kappa shape index (κ2) is 4.26. The first-order chi connectivity index (χ1) is 7.06. The molecule has 0 aromatic rings. The van der Waals surface area contributed by atoms with Crippen LogP contribution in [-0.2, 0) is 19.2 Å². The highest BCUT2D eigenvalue weighted by Gasteiger charge is 2.51. The van der Waals surface area contributed by atoms with E-state index in [-0.39, 0.29) is 13.0 Å². The zero-order chi connectivity index (χ0) is 11.5. The number of amides is 3. The van der Waals surface area contributed by atoms with Gasteiger partial charge < -0.3 is 4.74 Å². The number of hydrogen-bond acceptors (Lipinski definition) is 5. The second-order valence-electron chi connectivity index (χ2n) is 2.89. The van der Waals surface area contributed by atoms with Crippen LogP contribution >= 0.6 is 0 Å². The number of nitrogens with one attached hydrogen (secondary N) is 2. The van der Waals surface area contributed by atoms with Crippen molar-refractivity contribution in [3.8, 4) is 0 Å². The van der Waals surface area contributed by atoms with Crippen LogP contribution in [0, 0.1) is 0 Å². The Morgan fingerprint density at radius 2 is 2.13 bits per heavy atom. The predicted molar refractivity (Wildman–Crippen MR) is 47.4 cm³/mol. The molecule has 0 aromatic carbocycles. The third-order valence-corrected chi connectivity index (χ3v) is 2.01. The lowest BCUT2D eigenvalue weighted by molar-refractivity contribution is -0.189. The van der Waals surface area contributed by atoms with E-state index in [4.69, 9.17) is 9.57 Å². The highest BCUT2D eigenvalue weighted by molar-refractivity contribution is 6.12. The van der Waals surface area contributed by atoms with Crippen LogP contribution in [0.25, 0.3) is 0 Å². The summed E-state index contributed by atoms with van der Waals surface area (Å²) in [6, 6.07) is -0.798. The number of carbonyl (C=O) groups excluding carboxylic acids is 3. The van der Waals surface area contributed by atoms with Crippen molar-refractivity contribution >= 4 is 17.9 Å².